The highest BCUT2D eigenvalue weighted by Gasteiger charge is 2.01. The summed E-state index contributed by atoms with van der Waals surface area (Å²) in [6, 6.07) is 5.42. The van der Waals surface area contributed by atoms with Crippen LogP contribution in [0.2, 0.25) is 5.02 Å². The van der Waals surface area contributed by atoms with Crippen molar-refractivity contribution in [2.45, 2.75) is 13.3 Å². The van der Waals surface area contributed by atoms with Crippen LogP contribution in [0, 0.1) is 5.41 Å². The summed E-state index contributed by atoms with van der Waals surface area (Å²) in [5.74, 6) is 0.708. The molecule has 1 aromatic rings. The molecule has 0 spiro atoms. The predicted molar refractivity (Wildman–Crippen MR) is 58.2 cm³/mol. The Balaban J connectivity index is 2.74. The fourth-order valence-electron chi connectivity index (χ4n) is 1.07. The molecular formula is C10H13ClN2O. The van der Waals surface area contributed by atoms with Crippen molar-refractivity contribution in [3.05, 3.63) is 28.8 Å². The number of hydrogen-bond acceptors (Lipinski definition) is 2. The lowest BCUT2D eigenvalue weighted by Gasteiger charge is -2.07. The van der Waals surface area contributed by atoms with E-state index in [0.29, 0.717) is 5.75 Å². The zero-order valence-corrected chi connectivity index (χ0v) is 8.77. The normalized spacial score (nSPS) is 9.86. The molecule has 0 atom stereocenters. The van der Waals surface area contributed by atoms with Crippen LogP contribution in [0.3, 0.4) is 0 Å². The van der Waals surface area contributed by atoms with Gasteiger partial charge in [0.1, 0.15) is 18.2 Å². The fourth-order valence-corrected chi connectivity index (χ4v) is 1.32. The number of nitrogens with one attached hydrogen (secondary N) is 1. The van der Waals surface area contributed by atoms with Gasteiger partial charge in [0.2, 0.25) is 0 Å². The van der Waals surface area contributed by atoms with Crippen LogP contribution in [0.25, 0.3) is 0 Å². The maximum atomic E-state index is 7.01. The molecule has 0 radical (unpaired) electrons. The maximum absolute atomic E-state index is 7.01. The quantitative estimate of drug-likeness (QED) is 0.594. The van der Waals surface area contributed by atoms with E-state index in [0.717, 1.165) is 17.0 Å². The van der Waals surface area contributed by atoms with Gasteiger partial charge in [-0.1, -0.05) is 18.5 Å². The second-order valence-electron chi connectivity index (χ2n) is 2.92. The van der Waals surface area contributed by atoms with Crippen molar-refractivity contribution in [2.75, 3.05) is 6.61 Å². The Kier molecular flexibility index (Phi) is 3.77. The van der Waals surface area contributed by atoms with Crippen LogP contribution in [-0.4, -0.2) is 12.4 Å². The summed E-state index contributed by atoms with van der Waals surface area (Å²) in [5.41, 5.74) is 6.21. The molecule has 0 aliphatic carbocycles. The predicted octanol–water partition coefficient (Wildman–Crippen LogP) is 2.22. The number of aryl methyl sites for hydroxylation is 1. The Labute approximate surface area is 88.3 Å². The molecule has 14 heavy (non-hydrogen) atoms. The first-order chi connectivity index (χ1) is 6.63. The fraction of sp³-hybridized carbons (Fsp3) is 0.300. The smallest absolute Gasteiger partial charge is 0.145 e. The van der Waals surface area contributed by atoms with Crippen LogP contribution >= 0.6 is 11.6 Å². The molecule has 3 nitrogen and oxygen atoms in total. The van der Waals surface area contributed by atoms with Crippen molar-refractivity contribution in [2.24, 2.45) is 5.73 Å². The lowest BCUT2D eigenvalue weighted by molar-refractivity contribution is 0.374. The third-order valence-corrected chi connectivity index (χ3v) is 2.16. The number of ether oxygens (including phenoxy) is 1. The molecule has 0 bridgehead atoms. The number of hydrogen-bond donors (Lipinski definition) is 2. The van der Waals surface area contributed by atoms with E-state index < -0.39 is 0 Å². The minimum atomic E-state index is 0.0120. The minimum Gasteiger partial charge on any atom is -0.486 e. The Morgan fingerprint density at radius 1 is 1.57 bits per heavy atom. The first kappa shape index (κ1) is 10.9. The molecule has 0 fully saturated rings. The Hall–Kier alpha value is -1.22. The monoisotopic (exact) mass is 212 g/mol. The van der Waals surface area contributed by atoms with Gasteiger partial charge in [-0.15, -0.1) is 0 Å². The number of amidine groups is 1. The van der Waals surface area contributed by atoms with Crippen LogP contribution in [0.1, 0.15) is 12.5 Å². The van der Waals surface area contributed by atoms with Gasteiger partial charge in [-0.05, 0) is 30.2 Å². The molecule has 3 N–H and O–H groups in total. The maximum Gasteiger partial charge on any atom is 0.145 e. The number of benzene rings is 1. The molecule has 0 amide bonds. The van der Waals surface area contributed by atoms with E-state index >= 15 is 0 Å². The number of halogens is 1. The van der Waals surface area contributed by atoms with Crippen molar-refractivity contribution in [1.29, 1.82) is 5.41 Å². The van der Waals surface area contributed by atoms with Gasteiger partial charge in [-0.25, -0.2) is 0 Å². The first-order valence-corrected chi connectivity index (χ1v) is 4.75. The topological polar surface area (TPSA) is 59.1 Å². The average molecular weight is 213 g/mol. The first-order valence-electron chi connectivity index (χ1n) is 4.37. The summed E-state index contributed by atoms with van der Waals surface area (Å²) >= 11 is 5.94. The zero-order valence-electron chi connectivity index (χ0n) is 8.01. The van der Waals surface area contributed by atoms with Gasteiger partial charge in [-0.3, -0.25) is 5.41 Å². The van der Waals surface area contributed by atoms with Gasteiger partial charge in [0.15, 0.2) is 0 Å². The van der Waals surface area contributed by atoms with Crippen LogP contribution in [0.5, 0.6) is 5.75 Å². The van der Waals surface area contributed by atoms with Crippen LogP contribution < -0.4 is 10.5 Å². The molecule has 0 saturated heterocycles. The summed E-state index contributed by atoms with van der Waals surface area (Å²) in [6.45, 7) is 2.14. The summed E-state index contributed by atoms with van der Waals surface area (Å²) in [7, 11) is 0. The molecule has 0 unspecified atom stereocenters. The molecule has 1 rings (SSSR count). The van der Waals surface area contributed by atoms with Gasteiger partial charge in [0.25, 0.3) is 0 Å². The van der Waals surface area contributed by atoms with Crippen molar-refractivity contribution in [3.63, 3.8) is 0 Å². The van der Waals surface area contributed by atoms with E-state index in [-0.39, 0.29) is 12.4 Å². The lowest BCUT2D eigenvalue weighted by atomic mass is 10.1. The van der Waals surface area contributed by atoms with Crippen LogP contribution in [0.4, 0.5) is 0 Å². The average Bonchev–Trinajstić information content (AvgIpc) is 2.16. The van der Waals surface area contributed by atoms with Crippen molar-refractivity contribution < 1.29 is 4.74 Å². The number of nitrogens with two attached hydrogens (primary N) is 1. The Morgan fingerprint density at radius 3 is 2.86 bits per heavy atom. The van der Waals surface area contributed by atoms with Gasteiger partial charge < -0.3 is 10.5 Å². The van der Waals surface area contributed by atoms with E-state index in [1.54, 1.807) is 12.1 Å². The van der Waals surface area contributed by atoms with E-state index in [9.17, 15) is 0 Å². The molecular weight excluding hydrogens is 200 g/mol. The highest BCUT2D eigenvalue weighted by molar-refractivity contribution is 6.31. The van der Waals surface area contributed by atoms with Gasteiger partial charge >= 0.3 is 0 Å². The molecule has 0 saturated carbocycles. The van der Waals surface area contributed by atoms with E-state index in [1.165, 1.54) is 0 Å². The van der Waals surface area contributed by atoms with E-state index in [2.05, 4.69) is 0 Å². The summed E-state index contributed by atoms with van der Waals surface area (Å²) < 4.78 is 5.26. The lowest BCUT2D eigenvalue weighted by Crippen LogP contribution is -2.19. The Bertz CT molecular complexity index is 339. The Morgan fingerprint density at radius 2 is 2.29 bits per heavy atom. The second-order valence-corrected chi connectivity index (χ2v) is 3.33. The molecule has 4 heteroatoms. The molecule has 0 aliphatic rings. The standard InChI is InChI=1S/C10H13ClN2O/c1-2-7-5-8(3-4-9(7)11)14-6-10(12)13/h3-5H,2,6H2,1H3,(H3,12,13). The minimum absolute atomic E-state index is 0.0120. The summed E-state index contributed by atoms with van der Waals surface area (Å²) in [5, 5.41) is 7.75. The third kappa shape index (κ3) is 2.92. The molecule has 0 aliphatic heterocycles. The SMILES string of the molecule is CCc1cc(OCC(=N)N)ccc1Cl. The number of rotatable bonds is 4. The summed E-state index contributed by atoms with van der Waals surface area (Å²) in [6.07, 6.45) is 0.857. The molecule has 0 heterocycles. The van der Waals surface area contributed by atoms with Crippen molar-refractivity contribution >= 4 is 17.4 Å². The highest BCUT2D eigenvalue weighted by Crippen LogP contribution is 2.22. The third-order valence-electron chi connectivity index (χ3n) is 1.79. The van der Waals surface area contributed by atoms with Crippen LogP contribution in [0.15, 0.2) is 18.2 Å². The van der Waals surface area contributed by atoms with Crippen molar-refractivity contribution in [1.82, 2.24) is 0 Å². The van der Waals surface area contributed by atoms with E-state index in [1.807, 2.05) is 13.0 Å². The van der Waals surface area contributed by atoms with Crippen LogP contribution in [-0.2, 0) is 6.42 Å². The largest absolute Gasteiger partial charge is 0.486 e. The van der Waals surface area contributed by atoms with Crippen molar-refractivity contribution in [3.8, 4) is 5.75 Å². The van der Waals surface area contributed by atoms with E-state index in [4.69, 9.17) is 27.5 Å². The highest BCUT2D eigenvalue weighted by atomic mass is 35.5. The summed E-state index contributed by atoms with van der Waals surface area (Å²) in [4.78, 5) is 0. The molecule has 0 aromatic heterocycles. The van der Waals surface area contributed by atoms with Gasteiger partial charge in [0.05, 0.1) is 0 Å². The molecule has 76 valence electrons. The van der Waals surface area contributed by atoms with Gasteiger partial charge in [0, 0.05) is 5.02 Å². The molecule has 1 aromatic carbocycles. The second kappa shape index (κ2) is 4.86. The zero-order chi connectivity index (χ0) is 10.6. The van der Waals surface area contributed by atoms with Gasteiger partial charge in [-0.2, -0.15) is 0 Å².